The quantitative estimate of drug-likeness (QED) is 0.395. The normalized spacial score (nSPS) is 28.6. The van der Waals surface area contributed by atoms with Crippen LogP contribution in [0.5, 0.6) is 0 Å². The predicted octanol–water partition coefficient (Wildman–Crippen LogP) is -0.614. The van der Waals surface area contributed by atoms with Crippen LogP contribution in [0, 0.1) is 5.92 Å². The molecule has 0 aromatic heterocycles. The van der Waals surface area contributed by atoms with E-state index in [1.54, 1.807) is 0 Å². The summed E-state index contributed by atoms with van der Waals surface area (Å²) in [6, 6.07) is 0. The molecule has 0 aromatic carbocycles. The summed E-state index contributed by atoms with van der Waals surface area (Å²) >= 11 is 0. The molecule has 3 atom stereocenters. The third-order valence-corrected chi connectivity index (χ3v) is 3.18. The Bertz CT molecular complexity index is 214. The van der Waals surface area contributed by atoms with Crippen molar-refractivity contribution in [2.45, 2.75) is 64.6 Å². The van der Waals surface area contributed by atoms with Gasteiger partial charge < -0.3 is 11.3 Å². The summed E-state index contributed by atoms with van der Waals surface area (Å²) in [5.74, 6) is -0.0601. The van der Waals surface area contributed by atoms with Crippen molar-refractivity contribution < 1.29 is 45.6 Å². The van der Waals surface area contributed by atoms with E-state index in [9.17, 15) is 9.90 Å². The van der Waals surface area contributed by atoms with E-state index >= 15 is 0 Å². The largest absolute Gasteiger partial charge is 1.00 e. The zero-order valence-electron chi connectivity index (χ0n) is 11.7. The van der Waals surface area contributed by atoms with Gasteiger partial charge in [0.2, 0.25) is 0 Å². The molecule has 0 saturated heterocycles. The van der Waals surface area contributed by atoms with E-state index < -0.39 is 0 Å². The van der Waals surface area contributed by atoms with Crippen LogP contribution in [0.2, 0.25) is 0 Å². The second-order valence-corrected chi connectivity index (χ2v) is 4.45. The van der Waals surface area contributed by atoms with Crippen molar-refractivity contribution in [3.8, 4) is 0 Å². The average molecular weight is 238 g/mol. The minimum atomic E-state index is -0.272. The summed E-state index contributed by atoms with van der Waals surface area (Å²) in [4.78, 5) is 10.9. The maximum atomic E-state index is 10.9. The van der Waals surface area contributed by atoms with Gasteiger partial charge in [-0.3, -0.25) is 4.79 Å². The Labute approximate surface area is 122 Å². The number of carbonyl (C=O) groups is 1. The van der Waals surface area contributed by atoms with Crippen LogP contribution in [0.15, 0.2) is 0 Å². The third-order valence-electron chi connectivity index (χ3n) is 3.18. The zero-order valence-corrected chi connectivity index (χ0v) is 12.7. The first-order chi connectivity index (χ1) is 7.15. The van der Waals surface area contributed by atoms with Crippen molar-refractivity contribution in [3.05, 3.63) is 0 Å². The summed E-state index contributed by atoms with van der Waals surface area (Å²) in [6.45, 7) is 3.60. The van der Waals surface area contributed by atoms with Crippen molar-refractivity contribution in [2.24, 2.45) is 5.92 Å². The molecule has 1 aliphatic carbocycles. The van der Waals surface area contributed by atoms with Crippen LogP contribution in [-0.4, -0.2) is 23.3 Å². The summed E-state index contributed by atoms with van der Waals surface area (Å²) < 4.78 is 5.23. The maximum Gasteiger partial charge on any atom is 1.00 e. The average Bonchev–Trinajstić information content (AvgIpc) is 2.49. The molecule has 3 unspecified atom stereocenters. The fourth-order valence-corrected chi connectivity index (χ4v) is 2.38. The molecule has 90 valence electrons. The van der Waals surface area contributed by atoms with Gasteiger partial charge in [0.05, 0.1) is 6.10 Å². The number of hydrogen-bond acceptors (Lipinski definition) is 3. The molecule has 1 N–H and O–H groups in total. The Morgan fingerprint density at radius 2 is 2.12 bits per heavy atom. The van der Waals surface area contributed by atoms with Crippen LogP contribution in [0.1, 0.15) is 53.8 Å². The molecule has 0 spiro atoms. The summed E-state index contributed by atoms with van der Waals surface area (Å²) in [7, 11) is 0. The molecule has 1 aliphatic rings. The topological polar surface area (TPSA) is 46.5 Å². The van der Waals surface area contributed by atoms with Crippen molar-refractivity contribution in [2.75, 3.05) is 0 Å². The first-order valence-corrected chi connectivity index (χ1v) is 6.00. The van der Waals surface area contributed by atoms with E-state index in [1.165, 1.54) is 19.8 Å². The van der Waals surface area contributed by atoms with Gasteiger partial charge in [0, 0.05) is 12.8 Å². The van der Waals surface area contributed by atoms with E-state index in [-0.39, 0.29) is 55.1 Å². The van der Waals surface area contributed by atoms with Gasteiger partial charge >= 0.3 is 35.5 Å². The molecule has 0 heterocycles. The van der Waals surface area contributed by atoms with Gasteiger partial charge in [-0.05, 0) is 19.3 Å². The second kappa shape index (κ2) is 8.51. The Morgan fingerprint density at radius 1 is 1.44 bits per heavy atom. The van der Waals surface area contributed by atoms with Crippen molar-refractivity contribution >= 4 is 5.97 Å². The number of esters is 1. The third kappa shape index (κ3) is 5.17. The molecular weight excluding hydrogens is 215 g/mol. The Balaban J connectivity index is 0. The maximum absolute atomic E-state index is 10.9. The predicted molar refractivity (Wildman–Crippen MR) is 59.5 cm³/mol. The molecule has 0 aliphatic heterocycles. The minimum absolute atomic E-state index is 0. The molecule has 3 nitrogen and oxygen atoms in total. The molecule has 0 amide bonds. The van der Waals surface area contributed by atoms with Crippen LogP contribution in [0.25, 0.3) is 0 Å². The van der Waals surface area contributed by atoms with Gasteiger partial charge in [0.15, 0.2) is 0 Å². The number of hydrogen-bond donors (Lipinski definition) is 1. The van der Waals surface area contributed by atoms with Crippen LogP contribution in [0.3, 0.4) is 0 Å². The number of ether oxygens (including phenoxy) is 1. The number of rotatable bonds is 5. The molecule has 16 heavy (non-hydrogen) atoms. The standard InChI is InChI=1S/C12H22O3.Na.H/c1-3-4-5-6-10-11(14)7-8-12(10)15-9(2)13;;/h10-12,14H,3-8H2,1-2H3;;/q;+1;-1. The minimum Gasteiger partial charge on any atom is -1.00 e. The number of carbonyl (C=O) groups excluding carboxylic acids is 1. The van der Waals surface area contributed by atoms with Gasteiger partial charge in [-0.2, -0.15) is 0 Å². The first-order valence-electron chi connectivity index (χ1n) is 6.00. The molecule has 0 radical (unpaired) electrons. The SMILES string of the molecule is CCCCCC1C(O)CCC1OC(C)=O.[H-].[Na+]. The molecule has 1 saturated carbocycles. The summed E-state index contributed by atoms with van der Waals surface area (Å²) in [6.07, 6.45) is 5.74. The monoisotopic (exact) mass is 238 g/mol. The first kappa shape index (κ1) is 16.4. The van der Waals surface area contributed by atoms with Crippen molar-refractivity contribution in [3.63, 3.8) is 0 Å². The Hall–Kier alpha value is 0.430. The van der Waals surface area contributed by atoms with E-state index in [0.29, 0.717) is 0 Å². The molecular formula is C12H23NaO3. The fourth-order valence-electron chi connectivity index (χ4n) is 2.38. The van der Waals surface area contributed by atoms with E-state index in [2.05, 4.69) is 6.92 Å². The van der Waals surface area contributed by atoms with Gasteiger partial charge in [-0.15, -0.1) is 0 Å². The van der Waals surface area contributed by atoms with Gasteiger partial charge in [0.1, 0.15) is 6.10 Å². The van der Waals surface area contributed by atoms with Crippen molar-refractivity contribution in [1.82, 2.24) is 0 Å². The van der Waals surface area contributed by atoms with E-state index in [0.717, 1.165) is 25.7 Å². The number of unbranched alkanes of at least 4 members (excludes halogenated alkanes) is 2. The molecule has 0 bridgehead atoms. The second-order valence-electron chi connectivity index (χ2n) is 4.45. The van der Waals surface area contributed by atoms with Gasteiger partial charge in [-0.1, -0.05) is 26.2 Å². The van der Waals surface area contributed by atoms with Crippen LogP contribution in [0.4, 0.5) is 0 Å². The molecule has 1 rings (SSSR count). The number of aliphatic hydroxyl groups excluding tert-OH is 1. The van der Waals surface area contributed by atoms with Crippen molar-refractivity contribution in [1.29, 1.82) is 0 Å². The zero-order chi connectivity index (χ0) is 11.3. The molecule has 1 fully saturated rings. The van der Waals surface area contributed by atoms with Gasteiger partial charge in [-0.25, -0.2) is 0 Å². The Morgan fingerprint density at radius 3 is 2.69 bits per heavy atom. The number of aliphatic hydroxyl groups is 1. The van der Waals surface area contributed by atoms with E-state index in [4.69, 9.17) is 4.74 Å². The van der Waals surface area contributed by atoms with Gasteiger partial charge in [0.25, 0.3) is 0 Å². The van der Waals surface area contributed by atoms with Crippen LogP contribution in [-0.2, 0) is 9.53 Å². The van der Waals surface area contributed by atoms with Crippen LogP contribution < -0.4 is 29.6 Å². The molecule has 0 aromatic rings. The van der Waals surface area contributed by atoms with Crippen LogP contribution >= 0.6 is 0 Å². The summed E-state index contributed by atoms with van der Waals surface area (Å²) in [5.41, 5.74) is 0. The fraction of sp³-hybridized carbons (Fsp3) is 0.917. The summed E-state index contributed by atoms with van der Waals surface area (Å²) in [5, 5.41) is 9.78. The van der Waals surface area contributed by atoms with E-state index in [1.807, 2.05) is 0 Å². The Kier molecular flexibility index (Phi) is 8.74. The molecule has 4 heteroatoms. The smallest absolute Gasteiger partial charge is 1.00 e.